The van der Waals surface area contributed by atoms with Crippen LogP contribution >= 0.6 is 24.0 Å². The summed E-state index contributed by atoms with van der Waals surface area (Å²) in [5.41, 5.74) is 8.03. The Morgan fingerprint density at radius 1 is 1.00 bits per heavy atom. The third-order valence-corrected chi connectivity index (χ3v) is 3.79. The van der Waals surface area contributed by atoms with Crippen LogP contribution < -0.4 is 25.3 Å². The van der Waals surface area contributed by atoms with Gasteiger partial charge < -0.3 is 25.3 Å². The smallest absolute Gasteiger partial charge is 0.188 e. The summed E-state index contributed by atoms with van der Waals surface area (Å²) in [4.78, 5) is 4.38. The fourth-order valence-corrected chi connectivity index (χ4v) is 2.43. The molecule has 0 aliphatic carbocycles. The van der Waals surface area contributed by atoms with Crippen molar-refractivity contribution in [3.8, 4) is 17.2 Å². The van der Waals surface area contributed by atoms with Crippen LogP contribution in [0.1, 0.15) is 11.1 Å². The summed E-state index contributed by atoms with van der Waals surface area (Å²) in [6, 6.07) is 13.8. The predicted molar refractivity (Wildman–Crippen MR) is 115 cm³/mol. The van der Waals surface area contributed by atoms with E-state index in [2.05, 4.69) is 22.4 Å². The second kappa shape index (κ2) is 11.5. The molecule has 0 bridgehead atoms. The number of guanidine groups is 1. The lowest BCUT2D eigenvalue weighted by Crippen LogP contribution is -2.33. The molecule has 6 nitrogen and oxygen atoms in total. The lowest BCUT2D eigenvalue weighted by Gasteiger charge is -2.14. The van der Waals surface area contributed by atoms with Gasteiger partial charge in [0.1, 0.15) is 17.2 Å². The monoisotopic (exact) mass is 471 g/mol. The highest BCUT2D eigenvalue weighted by molar-refractivity contribution is 14.0. The van der Waals surface area contributed by atoms with Crippen LogP contribution in [0.15, 0.2) is 47.5 Å². The minimum atomic E-state index is 0. The van der Waals surface area contributed by atoms with E-state index in [9.17, 15) is 0 Å². The van der Waals surface area contributed by atoms with Crippen molar-refractivity contribution in [1.82, 2.24) is 5.32 Å². The largest absolute Gasteiger partial charge is 0.496 e. The first-order valence-corrected chi connectivity index (χ1v) is 8.04. The van der Waals surface area contributed by atoms with E-state index in [1.165, 1.54) is 5.56 Å². The molecule has 0 heterocycles. The Morgan fingerprint density at radius 2 is 1.62 bits per heavy atom. The van der Waals surface area contributed by atoms with E-state index in [1.807, 2.05) is 18.2 Å². The molecule has 0 fully saturated rings. The second-order valence-electron chi connectivity index (χ2n) is 5.37. The van der Waals surface area contributed by atoms with E-state index < -0.39 is 0 Å². The topological polar surface area (TPSA) is 78.1 Å². The predicted octanol–water partition coefficient (Wildman–Crippen LogP) is 2.98. The van der Waals surface area contributed by atoms with Crippen LogP contribution in [0.3, 0.4) is 0 Å². The van der Waals surface area contributed by atoms with Gasteiger partial charge in [-0.15, -0.1) is 24.0 Å². The highest BCUT2D eigenvalue weighted by atomic mass is 127. The fraction of sp³-hybridized carbons (Fsp3) is 0.316. The molecular formula is C19H26IN3O3. The zero-order valence-electron chi connectivity index (χ0n) is 15.3. The summed E-state index contributed by atoms with van der Waals surface area (Å²) < 4.78 is 16.1. The number of hydrogen-bond acceptors (Lipinski definition) is 4. The molecule has 26 heavy (non-hydrogen) atoms. The summed E-state index contributed by atoms with van der Waals surface area (Å²) in [6.07, 6.45) is 0.881. The van der Waals surface area contributed by atoms with E-state index in [0.29, 0.717) is 29.8 Å². The molecule has 0 amide bonds. The van der Waals surface area contributed by atoms with Crippen LogP contribution in [0.5, 0.6) is 17.2 Å². The third-order valence-electron chi connectivity index (χ3n) is 3.79. The van der Waals surface area contributed by atoms with Gasteiger partial charge in [-0.05, 0) is 12.0 Å². The van der Waals surface area contributed by atoms with Crippen LogP contribution in [0, 0.1) is 0 Å². The Balaban J connectivity index is 0.00000338. The van der Waals surface area contributed by atoms with Crippen LogP contribution in [0.2, 0.25) is 0 Å². The minimum absolute atomic E-state index is 0. The molecule has 0 radical (unpaired) electrons. The van der Waals surface area contributed by atoms with Crippen LogP contribution in [-0.2, 0) is 13.0 Å². The first-order chi connectivity index (χ1) is 12.2. The molecule has 0 saturated carbocycles. The molecule has 0 aromatic heterocycles. The molecule has 3 N–H and O–H groups in total. The van der Waals surface area contributed by atoms with Crippen molar-refractivity contribution in [1.29, 1.82) is 0 Å². The van der Waals surface area contributed by atoms with Crippen molar-refractivity contribution >= 4 is 29.9 Å². The van der Waals surface area contributed by atoms with Gasteiger partial charge in [0.15, 0.2) is 5.96 Å². The quantitative estimate of drug-likeness (QED) is 0.352. The number of halogens is 1. The maximum Gasteiger partial charge on any atom is 0.188 e. The van der Waals surface area contributed by atoms with Crippen molar-refractivity contribution < 1.29 is 14.2 Å². The Labute approximate surface area is 171 Å². The summed E-state index contributed by atoms with van der Waals surface area (Å²) in [5, 5.41) is 3.12. The number of aliphatic imine (C=N–C) groups is 1. The molecule has 2 aromatic carbocycles. The van der Waals surface area contributed by atoms with E-state index in [-0.39, 0.29) is 24.0 Å². The molecule has 7 heteroatoms. The summed E-state index contributed by atoms with van der Waals surface area (Å²) in [6.45, 7) is 1.07. The van der Waals surface area contributed by atoms with E-state index in [4.69, 9.17) is 19.9 Å². The number of nitrogens with zero attached hydrogens (tertiary/aromatic N) is 1. The molecule has 0 unspecified atom stereocenters. The van der Waals surface area contributed by atoms with E-state index in [0.717, 1.165) is 18.5 Å². The molecule has 142 valence electrons. The summed E-state index contributed by atoms with van der Waals surface area (Å²) in [7, 11) is 4.80. The Morgan fingerprint density at radius 3 is 2.15 bits per heavy atom. The average Bonchev–Trinajstić information content (AvgIpc) is 2.66. The van der Waals surface area contributed by atoms with Gasteiger partial charge in [0.05, 0.1) is 33.4 Å². The van der Waals surface area contributed by atoms with Crippen LogP contribution in [0.25, 0.3) is 0 Å². The lowest BCUT2D eigenvalue weighted by molar-refractivity contribution is 0.369. The number of rotatable bonds is 8. The molecule has 0 spiro atoms. The molecule has 0 atom stereocenters. The molecular weight excluding hydrogens is 445 g/mol. The van der Waals surface area contributed by atoms with Crippen molar-refractivity contribution in [2.24, 2.45) is 10.7 Å². The second-order valence-corrected chi connectivity index (χ2v) is 5.37. The summed E-state index contributed by atoms with van der Waals surface area (Å²) in [5.74, 6) is 2.35. The van der Waals surface area contributed by atoms with Crippen LogP contribution in [-0.4, -0.2) is 33.8 Å². The van der Waals surface area contributed by atoms with E-state index >= 15 is 0 Å². The fourth-order valence-electron chi connectivity index (χ4n) is 2.43. The molecule has 0 aliphatic heterocycles. The number of methoxy groups -OCH3 is 3. The zero-order chi connectivity index (χ0) is 18.1. The molecule has 0 saturated heterocycles. The first kappa shape index (κ1) is 21.9. The number of ether oxygens (including phenoxy) is 3. The third kappa shape index (κ3) is 6.29. The van der Waals surface area contributed by atoms with Gasteiger partial charge in [-0.25, -0.2) is 4.99 Å². The van der Waals surface area contributed by atoms with Crippen molar-refractivity contribution in [3.05, 3.63) is 53.6 Å². The number of benzene rings is 2. The van der Waals surface area contributed by atoms with Crippen molar-refractivity contribution in [2.45, 2.75) is 13.0 Å². The highest BCUT2D eigenvalue weighted by Crippen LogP contribution is 2.34. The zero-order valence-corrected chi connectivity index (χ0v) is 17.7. The van der Waals surface area contributed by atoms with E-state index in [1.54, 1.807) is 33.5 Å². The van der Waals surface area contributed by atoms with Gasteiger partial charge in [-0.3, -0.25) is 0 Å². The molecule has 0 aliphatic rings. The minimum Gasteiger partial charge on any atom is -0.496 e. The van der Waals surface area contributed by atoms with Crippen molar-refractivity contribution in [2.75, 3.05) is 27.9 Å². The average molecular weight is 471 g/mol. The molecule has 2 rings (SSSR count). The number of nitrogens with two attached hydrogens (primary N) is 1. The van der Waals surface area contributed by atoms with Gasteiger partial charge in [-0.2, -0.15) is 0 Å². The van der Waals surface area contributed by atoms with Gasteiger partial charge in [0, 0.05) is 18.7 Å². The number of hydrogen-bond donors (Lipinski definition) is 2. The lowest BCUT2D eigenvalue weighted by atomic mass is 10.1. The number of nitrogens with one attached hydrogen (secondary N) is 1. The Bertz CT molecular complexity index is 683. The first-order valence-electron chi connectivity index (χ1n) is 8.04. The Hall–Kier alpha value is -2.16. The standard InChI is InChI=1S/C19H25N3O3.HI/c1-23-15-11-17(24-2)16(18(12-15)25-3)13-22-19(20)21-10-9-14-7-5-4-6-8-14;/h4-8,11-12H,9-10,13H2,1-3H3,(H3,20,21,22);1H. The highest BCUT2D eigenvalue weighted by Gasteiger charge is 2.12. The summed E-state index contributed by atoms with van der Waals surface area (Å²) >= 11 is 0. The van der Waals surface area contributed by atoms with Crippen LogP contribution in [0.4, 0.5) is 0 Å². The SMILES string of the molecule is COc1cc(OC)c(CN=C(N)NCCc2ccccc2)c(OC)c1.I. The normalized spacial score (nSPS) is 10.7. The van der Waals surface area contributed by atoms with Crippen molar-refractivity contribution in [3.63, 3.8) is 0 Å². The van der Waals surface area contributed by atoms with Gasteiger partial charge in [-0.1, -0.05) is 30.3 Å². The maximum atomic E-state index is 5.96. The maximum absolute atomic E-state index is 5.96. The van der Waals surface area contributed by atoms with Gasteiger partial charge in [0.2, 0.25) is 0 Å². The Kier molecular flexibility index (Phi) is 9.64. The van der Waals surface area contributed by atoms with Gasteiger partial charge >= 0.3 is 0 Å². The van der Waals surface area contributed by atoms with Gasteiger partial charge in [0.25, 0.3) is 0 Å². The molecule has 2 aromatic rings.